The first-order chi connectivity index (χ1) is 14.2. The Morgan fingerprint density at radius 1 is 1.21 bits per heavy atom. The number of anilines is 3. The SMILES string of the molecule is CNC(=O)c1nnc(Nc2cnc(C#N)cn2)cc1NC1CCC2CNCCC21. The molecule has 3 unspecified atom stereocenters. The van der Waals surface area contributed by atoms with Crippen molar-refractivity contribution in [3.8, 4) is 6.07 Å². The zero-order valence-corrected chi connectivity index (χ0v) is 16.1. The Hall–Kier alpha value is -3.32. The minimum atomic E-state index is -0.287. The molecule has 3 heterocycles. The summed E-state index contributed by atoms with van der Waals surface area (Å²) in [5.74, 6) is 1.86. The molecule has 29 heavy (non-hydrogen) atoms. The topological polar surface area (TPSA) is 141 Å². The molecular formula is C19H23N9O. The van der Waals surface area contributed by atoms with Crippen LogP contribution in [0.4, 0.5) is 17.3 Å². The van der Waals surface area contributed by atoms with E-state index in [0.717, 1.165) is 25.9 Å². The second kappa shape index (κ2) is 8.36. The van der Waals surface area contributed by atoms with Gasteiger partial charge in [0.1, 0.15) is 11.9 Å². The predicted octanol–water partition coefficient (Wildman–Crippen LogP) is 1.04. The molecule has 150 valence electrons. The fourth-order valence-electron chi connectivity index (χ4n) is 4.21. The first-order valence-corrected chi connectivity index (χ1v) is 9.74. The van der Waals surface area contributed by atoms with Crippen LogP contribution in [0.5, 0.6) is 0 Å². The average molecular weight is 393 g/mol. The fraction of sp³-hybridized carbons (Fsp3) is 0.474. The number of amides is 1. The molecule has 1 amide bonds. The van der Waals surface area contributed by atoms with Crippen molar-refractivity contribution in [3.05, 3.63) is 29.8 Å². The van der Waals surface area contributed by atoms with E-state index in [0.29, 0.717) is 35.2 Å². The van der Waals surface area contributed by atoms with Crippen LogP contribution >= 0.6 is 0 Å². The number of carbonyl (C=O) groups excluding carboxylic acids is 1. The molecule has 1 saturated carbocycles. The molecule has 4 N–H and O–H groups in total. The zero-order valence-electron chi connectivity index (χ0n) is 16.1. The molecule has 3 atom stereocenters. The summed E-state index contributed by atoms with van der Waals surface area (Å²) in [6.07, 6.45) is 6.20. The van der Waals surface area contributed by atoms with Gasteiger partial charge in [-0.2, -0.15) is 5.26 Å². The van der Waals surface area contributed by atoms with Gasteiger partial charge in [-0.3, -0.25) is 4.79 Å². The van der Waals surface area contributed by atoms with Crippen molar-refractivity contribution in [2.75, 3.05) is 30.8 Å². The van der Waals surface area contributed by atoms with Crippen LogP contribution in [0.1, 0.15) is 35.4 Å². The molecule has 2 fully saturated rings. The van der Waals surface area contributed by atoms with Gasteiger partial charge < -0.3 is 21.3 Å². The highest BCUT2D eigenvalue weighted by Gasteiger charge is 2.37. The molecule has 1 aliphatic carbocycles. The van der Waals surface area contributed by atoms with E-state index >= 15 is 0 Å². The highest BCUT2D eigenvalue weighted by molar-refractivity contribution is 5.97. The van der Waals surface area contributed by atoms with E-state index < -0.39 is 0 Å². The monoisotopic (exact) mass is 393 g/mol. The van der Waals surface area contributed by atoms with Gasteiger partial charge in [0, 0.05) is 19.2 Å². The van der Waals surface area contributed by atoms with Gasteiger partial charge in [-0.25, -0.2) is 9.97 Å². The molecule has 1 saturated heterocycles. The van der Waals surface area contributed by atoms with Crippen molar-refractivity contribution < 1.29 is 4.79 Å². The maximum absolute atomic E-state index is 12.3. The molecular weight excluding hydrogens is 370 g/mol. The number of piperidine rings is 1. The standard InChI is InChI=1S/C19H23N9O/c1-21-19(29)18-15(25-14-3-2-11-8-22-5-4-13(11)14)6-16(27-28-18)26-17-10-23-12(7-20)9-24-17/h6,9-11,13-14,22H,2-5,8H2,1H3,(H,21,29)(H2,24,25,26,27). The summed E-state index contributed by atoms with van der Waals surface area (Å²) >= 11 is 0. The Bertz CT molecular complexity index is 924. The van der Waals surface area contributed by atoms with Gasteiger partial charge >= 0.3 is 0 Å². The van der Waals surface area contributed by atoms with Crippen LogP contribution in [0.15, 0.2) is 18.5 Å². The Kier molecular flexibility index (Phi) is 5.48. The lowest BCUT2D eigenvalue weighted by Crippen LogP contribution is -2.39. The number of aromatic nitrogens is 4. The molecule has 10 heteroatoms. The van der Waals surface area contributed by atoms with Crippen molar-refractivity contribution in [1.29, 1.82) is 5.26 Å². The number of nitriles is 1. The van der Waals surface area contributed by atoms with Gasteiger partial charge in [0.05, 0.1) is 18.1 Å². The molecule has 0 bridgehead atoms. The largest absolute Gasteiger partial charge is 0.380 e. The molecule has 10 nitrogen and oxygen atoms in total. The third kappa shape index (κ3) is 4.09. The maximum Gasteiger partial charge on any atom is 0.273 e. The van der Waals surface area contributed by atoms with E-state index in [2.05, 4.69) is 41.4 Å². The summed E-state index contributed by atoms with van der Waals surface area (Å²) in [6.45, 7) is 2.09. The average Bonchev–Trinajstić information content (AvgIpc) is 3.17. The molecule has 0 spiro atoms. The molecule has 1 aliphatic heterocycles. The minimum absolute atomic E-state index is 0.233. The van der Waals surface area contributed by atoms with Gasteiger partial charge in [-0.05, 0) is 44.2 Å². The van der Waals surface area contributed by atoms with Crippen molar-refractivity contribution >= 4 is 23.2 Å². The summed E-state index contributed by atoms with van der Waals surface area (Å²) in [5.41, 5.74) is 1.14. The molecule has 2 aromatic rings. The van der Waals surface area contributed by atoms with Crippen LogP contribution in [0, 0.1) is 23.2 Å². The first kappa shape index (κ1) is 19.0. The third-order valence-corrected chi connectivity index (χ3v) is 5.63. The van der Waals surface area contributed by atoms with Crippen molar-refractivity contribution in [3.63, 3.8) is 0 Å². The van der Waals surface area contributed by atoms with E-state index in [1.807, 2.05) is 6.07 Å². The number of rotatable bonds is 5. The van der Waals surface area contributed by atoms with Gasteiger partial charge in [0.15, 0.2) is 17.2 Å². The smallest absolute Gasteiger partial charge is 0.273 e. The normalized spacial score (nSPS) is 23.0. The molecule has 2 aromatic heterocycles. The van der Waals surface area contributed by atoms with E-state index in [9.17, 15) is 4.79 Å². The van der Waals surface area contributed by atoms with Crippen LogP contribution in [0.25, 0.3) is 0 Å². The third-order valence-electron chi connectivity index (χ3n) is 5.63. The second-order valence-electron chi connectivity index (χ2n) is 7.34. The maximum atomic E-state index is 12.3. The van der Waals surface area contributed by atoms with Gasteiger partial charge in [-0.15, -0.1) is 10.2 Å². The summed E-state index contributed by atoms with van der Waals surface area (Å²) < 4.78 is 0. The number of nitrogens with zero attached hydrogens (tertiary/aromatic N) is 5. The summed E-state index contributed by atoms with van der Waals surface area (Å²) in [4.78, 5) is 20.4. The van der Waals surface area contributed by atoms with Gasteiger partial charge in [-0.1, -0.05) is 0 Å². The van der Waals surface area contributed by atoms with E-state index in [1.54, 1.807) is 13.1 Å². The second-order valence-corrected chi connectivity index (χ2v) is 7.34. The Morgan fingerprint density at radius 3 is 2.86 bits per heavy atom. The summed E-state index contributed by atoms with van der Waals surface area (Å²) in [6, 6.07) is 4.00. The molecule has 0 aromatic carbocycles. The number of nitrogens with one attached hydrogen (secondary N) is 4. The highest BCUT2D eigenvalue weighted by atomic mass is 16.1. The molecule has 0 radical (unpaired) electrons. The zero-order chi connectivity index (χ0) is 20.2. The lowest BCUT2D eigenvalue weighted by Gasteiger charge is -2.31. The van der Waals surface area contributed by atoms with Crippen LogP contribution < -0.4 is 21.3 Å². The van der Waals surface area contributed by atoms with Gasteiger partial charge in [0.2, 0.25) is 0 Å². The van der Waals surface area contributed by atoms with E-state index in [1.165, 1.54) is 18.8 Å². The molecule has 2 aliphatic rings. The Morgan fingerprint density at radius 2 is 2.10 bits per heavy atom. The number of carbonyl (C=O) groups is 1. The number of fused-ring (bicyclic) bond motifs is 1. The van der Waals surface area contributed by atoms with E-state index in [-0.39, 0.29) is 17.3 Å². The Balaban J connectivity index is 1.57. The number of hydrogen-bond donors (Lipinski definition) is 4. The summed E-state index contributed by atoms with van der Waals surface area (Å²) in [5, 5.41) is 29.7. The minimum Gasteiger partial charge on any atom is -0.380 e. The van der Waals surface area contributed by atoms with Crippen LogP contribution in [0.3, 0.4) is 0 Å². The lowest BCUT2D eigenvalue weighted by molar-refractivity contribution is 0.0958. The fourth-order valence-corrected chi connectivity index (χ4v) is 4.21. The van der Waals surface area contributed by atoms with Crippen molar-refractivity contribution in [2.24, 2.45) is 11.8 Å². The van der Waals surface area contributed by atoms with Crippen molar-refractivity contribution in [2.45, 2.75) is 25.3 Å². The first-order valence-electron chi connectivity index (χ1n) is 9.74. The summed E-state index contributed by atoms with van der Waals surface area (Å²) in [7, 11) is 1.57. The van der Waals surface area contributed by atoms with Crippen LogP contribution in [0.2, 0.25) is 0 Å². The lowest BCUT2D eigenvalue weighted by atomic mass is 9.87. The Labute approximate surface area is 168 Å². The van der Waals surface area contributed by atoms with Crippen molar-refractivity contribution in [1.82, 2.24) is 30.8 Å². The number of hydrogen-bond acceptors (Lipinski definition) is 9. The van der Waals surface area contributed by atoms with Gasteiger partial charge in [0.25, 0.3) is 5.91 Å². The quantitative estimate of drug-likeness (QED) is 0.586. The highest BCUT2D eigenvalue weighted by Crippen LogP contribution is 2.38. The predicted molar refractivity (Wildman–Crippen MR) is 107 cm³/mol. The molecule has 4 rings (SSSR count). The van der Waals surface area contributed by atoms with E-state index in [4.69, 9.17) is 5.26 Å². The van der Waals surface area contributed by atoms with Crippen LogP contribution in [-0.2, 0) is 0 Å². The van der Waals surface area contributed by atoms with Crippen LogP contribution in [-0.4, -0.2) is 52.3 Å².